The maximum absolute atomic E-state index is 10.5. The molecule has 0 radical (unpaired) electrons. The summed E-state index contributed by atoms with van der Waals surface area (Å²) in [5.41, 5.74) is 1.43. The summed E-state index contributed by atoms with van der Waals surface area (Å²) in [6, 6.07) is 0. The van der Waals surface area contributed by atoms with Gasteiger partial charge in [-0.1, -0.05) is 0 Å². The van der Waals surface area contributed by atoms with Crippen LogP contribution in [0.4, 0.5) is 0 Å². The lowest BCUT2D eigenvalue weighted by molar-refractivity contribution is -0.217. The Morgan fingerprint density at radius 1 is 0.607 bits per heavy atom. The molecule has 0 aliphatic carbocycles. The van der Waals surface area contributed by atoms with Gasteiger partial charge in [-0.2, -0.15) is 10.1 Å². The normalized spacial score (nSPS) is 30.1. The Labute approximate surface area is 171 Å². The molecule has 6 heteroatoms. The maximum atomic E-state index is 10.5. The molecular formula is C22H40N4O2. The Balaban J connectivity index is 1.72. The largest absolute Gasteiger partial charge is 0.371 e. The number of piperazine rings is 1. The van der Waals surface area contributed by atoms with Gasteiger partial charge in [0.15, 0.2) is 0 Å². The van der Waals surface area contributed by atoms with Gasteiger partial charge in [0, 0.05) is 61.5 Å². The Morgan fingerprint density at radius 2 is 0.893 bits per heavy atom. The SMILES string of the molecule is CC1(C)C=C(N2CCN(C3=CC(C)(C)N(O)C(C)(C)C3)CC2)CC(C)(C)N1O. The van der Waals surface area contributed by atoms with Crippen molar-refractivity contribution in [1.82, 2.24) is 19.9 Å². The highest BCUT2D eigenvalue weighted by molar-refractivity contribution is 5.22. The number of hydrogen-bond donors (Lipinski definition) is 2. The first kappa shape index (κ1) is 21.6. The Morgan fingerprint density at radius 3 is 1.14 bits per heavy atom. The minimum absolute atomic E-state index is 0.269. The summed E-state index contributed by atoms with van der Waals surface area (Å²) in [6.07, 6.45) is 6.16. The van der Waals surface area contributed by atoms with Gasteiger partial charge in [-0.3, -0.25) is 0 Å². The van der Waals surface area contributed by atoms with Gasteiger partial charge in [-0.15, -0.1) is 0 Å². The molecule has 0 atom stereocenters. The quantitative estimate of drug-likeness (QED) is 0.748. The third-order valence-corrected chi connectivity index (χ3v) is 6.60. The molecule has 3 heterocycles. The van der Waals surface area contributed by atoms with Crippen molar-refractivity contribution in [2.45, 2.75) is 90.4 Å². The van der Waals surface area contributed by atoms with Crippen LogP contribution >= 0.6 is 0 Å². The van der Waals surface area contributed by atoms with Crippen LogP contribution < -0.4 is 0 Å². The zero-order valence-corrected chi connectivity index (χ0v) is 19.1. The van der Waals surface area contributed by atoms with E-state index in [2.05, 4.69) is 77.3 Å². The van der Waals surface area contributed by atoms with Crippen LogP contribution in [0.15, 0.2) is 23.5 Å². The van der Waals surface area contributed by atoms with Crippen LogP contribution in [0.2, 0.25) is 0 Å². The topological polar surface area (TPSA) is 53.4 Å². The van der Waals surface area contributed by atoms with Crippen LogP contribution in [0.5, 0.6) is 0 Å². The molecule has 0 aromatic carbocycles. The fourth-order valence-corrected chi connectivity index (χ4v) is 5.32. The predicted octanol–water partition coefficient (Wildman–Crippen LogP) is 3.68. The van der Waals surface area contributed by atoms with Crippen molar-refractivity contribution in [3.8, 4) is 0 Å². The lowest BCUT2D eigenvalue weighted by Gasteiger charge is -2.52. The van der Waals surface area contributed by atoms with Crippen LogP contribution in [-0.4, -0.2) is 78.7 Å². The van der Waals surface area contributed by atoms with Crippen LogP contribution in [0.25, 0.3) is 0 Å². The van der Waals surface area contributed by atoms with Gasteiger partial charge < -0.3 is 20.2 Å². The number of hydroxylamine groups is 4. The molecule has 0 spiro atoms. The highest BCUT2D eigenvalue weighted by Crippen LogP contribution is 2.39. The van der Waals surface area contributed by atoms with E-state index in [0.717, 1.165) is 39.0 Å². The smallest absolute Gasteiger partial charge is 0.0609 e. The fourth-order valence-electron chi connectivity index (χ4n) is 5.32. The van der Waals surface area contributed by atoms with Crippen molar-refractivity contribution < 1.29 is 10.4 Å². The first-order valence-electron chi connectivity index (χ1n) is 10.6. The molecule has 0 aromatic heterocycles. The van der Waals surface area contributed by atoms with E-state index in [9.17, 15) is 10.4 Å². The maximum Gasteiger partial charge on any atom is 0.0609 e. The Kier molecular flexibility index (Phi) is 5.19. The van der Waals surface area contributed by atoms with Crippen LogP contribution in [0.1, 0.15) is 68.2 Å². The summed E-state index contributed by atoms with van der Waals surface area (Å²) >= 11 is 0. The Bertz CT molecular complexity index is 612. The molecule has 3 rings (SSSR count). The van der Waals surface area contributed by atoms with Crippen LogP contribution in [0.3, 0.4) is 0 Å². The van der Waals surface area contributed by atoms with Crippen LogP contribution in [0, 0.1) is 0 Å². The van der Waals surface area contributed by atoms with E-state index >= 15 is 0 Å². The summed E-state index contributed by atoms with van der Waals surface area (Å²) < 4.78 is 0. The summed E-state index contributed by atoms with van der Waals surface area (Å²) in [5.74, 6) is 0. The predicted molar refractivity (Wildman–Crippen MR) is 112 cm³/mol. The number of hydrogen-bond acceptors (Lipinski definition) is 6. The van der Waals surface area contributed by atoms with Gasteiger partial charge >= 0.3 is 0 Å². The van der Waals surface area contributed by atoms with E-state index in [4.69, 9.17) is 0 Å². The zero-order valence-electron chi connectivity index (χ0n) is 19.1. The van der Waals surface area contributed by atoms with Gasteiger partial charge in [-0.05, 0) is 67.5 Å². The number of rotatable bonds is 2. The van der Waals surface area contributed by atoms with Gasteiger partial charge in [0.25, 0.3) is 0 Å². The van der Waals surface area contributed by atoms with E-state index in [1.807, 2.05) is 0 Å². The molecule has 6 nitrogen and oxygen atoms in total. The average molecular weight is 393 g/mol. The molecule has 160 valence electrons. The monoisotopic (exact) mass is 392 g/mol. The second-order valence-electron chi connectivity index (χ2n) is 11.2. The zero-order chi connectivity index (χ0) is 21.1. The number of nitrogens with zero attached hydrogens (tertiary/aromatic N) is 4. The Hall–Kier alpha value is -1.08. The molecule has 1 fully saturated rings. The molecule has 0 bridgehead atoms. The lowest BCUT2D eigenvalue weighted by Crippen LogP contribution is -2.59. The third kappa shape index (κ3) is 3.84. The summed E-state index contributed by atoms with van der Waals surface area (Å²) in [5, 5.41) is 24.1. The second kappa shape index (κ2) is 6.73. The minimum atomic E-state index is -0.362. The standard InChI is InChI=1S/C22H40N4O2/c1-19(2)13-17(14-20(3,4)25(19)27)23-9-11-24(12-10-23)18-15-21(5,6)26(28)22(7,8)16-18/h13,15,27-28H,9-12,14,16H2,1-8H3. The fraction of sp³-hybridized carbons (Fsp3) is 0.818. The first-order valence-corrected chi connectivity index (χ1v) is 10.6. The van der Waals surface area contributed by atoms with Crippen molar-refractivity contribution >= 4 is 0 Å². The highest BCUT2D eigenvalue weighted by Gasteiger charge is 2.44. The van der Waals surface area contributed by atoms with Crippen molar-refractivity contribution in [3.05, 3.63) is 23.5 Å². The lowest BCUT2D eigenvalue weighted by atomic mass is 9.84. The van der Waals surface area contributed by atoms with Crippen molar-refractivity contribution in [3.63, 3.8) is 0 Å². The molecule has 0 aromatic rings. The van der Waals surface area contributed by atoms with Crippen LogP contribution in [-0.2, 0) is 0 Å². The van der Waals surface area contributed by atoms with E-state index in [-0.39, 0.29) is 22.2 Å². The van der Waals surface area contributed by atoms with E-state index in [1.54, 1.807) is 0 Å². The third-order valence-electron chi connectivity index (χ3n) is 6.60. The first-order chi connectivity index (χ1) is 12.7. The van der Waals surface area contributed by atoms with Crippen molar-refractivity contribution in [1.29, 1.82) is 0 Å². The second-order valence-corrected chi connectivity index (χ2v) is 11.2. The molecule has 1 saturated heterocycles. The summed E-state index contributed by atoms with van der Waals surface area (Å²) in [4.78, 5) is 4.98. The summed E-state index contributed by atoms with van der Waals surface area (Å²) in [7, 11) is 0. The van der Waals surface area contributed by atoms with E-state index < -0.39 is 0 Å². The van der Waals surface area contributed by atoms with Gasteiger partial charge in [0.2, 0.25) is 0 Å². The van der Waals surface area contributed by atoms with Crippen molar-refractivity contribution in [2.24, 2.45) is 0 Å². The van der Waals surface area contributed by atoms with Gasteiger partial charge in [0.1, 0.15) is 0 Å². The van der Waals surface area contributed by atoms with Gasteiger partial charge in [-0.25, -0.2) is 0 Å². The molecule has 3 aliphatic heterocycles. The molecular weight excluding hydrogens is 352 g/mol. The molecule has 0 amide bonds. The molecule has 2 N–H and O–H groups in total. The summed E-state index contributed by atoms with van der Waals surface area (Å²) in [6.45, 7) is 20.7. The van der Waals surface area contributed by atoms with Gasteiger partial charge in [0.05, 0.1) is 11.1 Å². The molecule has 0 unspecified atom stereocenters. The minimum Gasteiger partial charge on any atom is -0.371 e. The van der Waals surface area contributed by atoms with E-state index in [0.29, 0.717) is 0 Å². The molecule has 28 heavy (non-hydrogen) atoms. The molecule has 0 saturated carbocycles. The average Bonchev–Trinajstić information content (AvgIpc) is 2.56. The van der Waals surface area contributed by atoms with Crippen molar-refractivity contribution in [2.75, 3.05) is 26.2 Å². The molecule has 3 aliphatic rings. The van der Waals surface area contributed by atoms with E-state index in [1.165, 1.54) is 21.5 Å². The highest BCUT2D eigenvalue weighted by atomic mass is 16.5.